The number of carbonyl (C=O) groups excluding carboxylic acids is 1. The smallest absolute Gasteiger partial charge is 0.269 e. The van der Waals surface area contributed by atoms with Crippen LogP contribution in [0.2, 0.25) is 0 Å². The zero-order valence-corrected chi connectivity index (χ0v) is 11.7. The lowest BCUT2D eigenvalue weighted by atomic mass is 10.1. The number of amides is 1. The van der Waals surface area contributed by atoms with E-state index in [-0.39, 0.29) is 24.6 Å². The first-order valence-corrected chi connectivity index (χ1v) is 6.31. The van der Waals surface area contributed by atoms with Crippen LogP contribution in [-0.2, 0) is 17.8 Å². The lowest BCUT2D eigenvalue weighted by molar-refractivity contribution is -0.384. The quantitative estimate of drug-likeness (QED) is 0.658. The van der Waals surface area contributed by atoms with Crippen LogP contribution >= 0.6 is 0 Å². The van der Waals surface area contributed by atoms with Crippen molar-refractivity contribution in [2.24, 2.45) is 0 Å². The fourth-order valence-electron chi connectivity index (χ4n) is 1.85. The minimum atomic E-state index is -0.478. The van der Waals surface area contributed by atoms with Gasteiger partial charge in [0.2, 0.25) is 5.91 Å². The molecule has 0 atom stereocenters. The summed E-state index contributed by atoms with van der Waals surface area (Å²) in [6, 6.07) is 6.06. The SMILES string of the molecule is Cc1nc(CN(C)C(=O)Cc2cccc([N+](=O)[O-])c2)n[nH]1. The highest BCUT2D eigenvalue weighted by Gasteiger charge is 2.14. The van der Waals surface area contributed by atoms with E-state index in [0.29, 0.717) is 17.2 Å². The molecule has 8 nitrogen and oxygen atoms in total. The van der Waals surface area contributed by atoms with Crippen molar-refractivity contribution in [3.05, 3.63) is 51.6 Å². The van der Waals surface area contributed by atoms with Crippen LogP contribution in [0, 0.1) is 17.0 Å². The molecule has 0 radical (unpaired) electrons. The predicted octanol–water partition coefficient (Wildman–Crippen LogP) is 1.22. The van der Waals surface area contributed by atoms with Crippen LogP contribution in [0.1, 0.15) is 17.2 Å². The molecule has 2 rings (SSSR count). The van der Waals surface area contributed by atoms with Gasteiger partial charge in [0.05, 0.1) is 17.9 Å². The molecule has 8 heteroatoms. The van der Waals surface area contributed by atoms with Crippen molar-refractivity contribution < 1.29 is 9.72 Å². The fraction of sp³-hybridized carbons (Fsp3) is 0.308. The van der Waals surface area contributed by atoms with E-state index in [1.54, 1.807) is 26.1 Å². The average molecular weight is 289 g/mol. The number of hydrogen-bond donors (Lipinski definition) is 1. The summed E-state index contributed by atoms with van der Waals surface area (Å²) in [5.74, 6) is 1.06. The van der Waals surface area contributed by atoms with E-state index >= 15 is 0 Å². The lowest BCUT2D eigenvalue weighted by Gasteiger charge is -2.15. The Balaban J connectivity index is 2.00. The van der Waals surface area contributed by atoms with Crippen LogP contribution < -0.4 is 0 Å². The van der Waals surface area contributed by atoms with Crippen molar-refractivity contribution in [3.8, 4) is 0 Å². The second-order valence-electron chi connectivity index (χ2n) is 4.69. The van der Waals surface area contributed by atoms with Crippen molar-refractivity contribution in [1.82, 2.24) is 20.1 Å². The number of benzene rings is 1. The van der Waals surface area contributed by atoms with Gasteiger partial charge in [-0.05, 0) is 12.5 Å². The van der Waals surface area contributed by atoms with Crippen molar-refractivity contribution in [1.29, 1.82) is 0 Å². The number of non-ortho nitro benzene ring substituents is 1. The molecule has 1 aromatic heterocycles. The lowest BCUT2D eigenvalue weighted by Crippen LogP contribution is -2.28. The van der Waals surface area contributed by atoms with Crippen LogP contribution in [0.3, 0.4) is 0 Å². The van der Waals surface area contributed by atoms with Gasteiger partial charge in [-0.3, -0.25) is 20.0 Å². The molecule has 0 aliphatic carbocycles. The zero-order chi connectivity index (χ0) is 15.4. The molecule has 1 aromatic carbocycles. The molecule has 2 aromatic rings. The summed E-state index contributed by atoms with van der Waals surface area (Å²) in [7, 11) is 1.64. The topological polar surface area (TPSA) is 105 Å². The Bertz CT molecular complexity index is 667. The summed E-state index contributed by atoms with van der Waals surface area (Å²) < 4.78 is 0. The number of H-pyrrole nitrogens is 1. The number of aromatic nitrogens is 3. The molecule has 0 saturated carbocycles. The Kier molecular flexibility index (Phi) is 4.27. The molecular formula is C13H15N5O3. The highest BCUT2D eigenvalue weighted by Crippen LogP contribution is 2.14. The van der Waals surface area contributed by atoms with Crippen LogP contribution in [0.4, 0.5) is 5.69 Å². The Morgan fingerprint density at radius 1 is 1.48 bits per heavy atom. The number of nitro benzene ring substituents is 1. The Morgan fingerprint density at radius 3 is 2.86 bits per heavy atom. The third kappa shape index (κ3) is 3.85. The molecule has 0 saturated heterocycles. The normalized spacial score (nSPS) is 10.4. The third-order valence-corrected chi connectivity index (χ3v) is 2.92. The van der Waals surface area contributed by atoms with E-state index in [0.717, 1.165) is 0 Å². The molecular weight excluding hydrogens is 274 g/mol. The van der Waals surface area contributed by atoms with Crippen molar-refractivity contribution >= 4 is 11.6 Å². The first kappa shape index (κ1) is 14.6. The number of nitro groups is 1. The van der Waals surface area contributed by atoms with Crippen LogP contribution in [-0.4, -0.2) is 38.0 Å². The second kappa shape index (κ2) is 6.12. The first-order chi connectivity index (χ1) is 9.95. The Labute approximate surface area is 121 Å². The van der Waals surface area contributed by atoms with Gasteiger partial charge in [0.15, 0.2) is 5.82 Å². The monoisotopic (exact) mass is 289 g/mol. The van der Waals surface area contributed by atoms with Gasteiger partial charge in [-0.15, -0.1) is 0 Å². The zero-order valence-electron chi connectivity index (χ0n) is 11.7. The molecule has 1 amide bonds. The molecule has 0 bridgehead atoms. The molecule has 1 N–H and O–H groups in total. The number of likely N-dealkylation sites (N-methyl/N-ethyl adjacent to an activating group) is 1. The molecule has 0 aliphatic rings. The highest BCUT2D eigenvalue weighted by molar-refractivity contribution is 5.78. The number of nitrogens with zero attached hydrogens (tertiary/aromatic N) is 4. The number of aromatic amines is 1. The minimum absolute atomic E-state index is 0.0208. The number of aryl methyl sites for hydroxylation is 1. The number of carbonyl (C=O) groups is 1. The van der Waals surface area contributed by atoms with Crippen LogP contribution in [0.15, 0.2) is 24.3 Å². The molecule has 1 heterocycles. The molecule has 0 spiro atoms. The molecule has 0 aliphatic heterocycles. The van der Waals surface area contributed by atoms with Gasteiger partial charge < -0.3 is 4.90 Å². The molecule has 21 heavy (non-hydrogen) atoms. The Morgan fingerprint density at radius 2 is 2.24 bits per heavy atom. The van der Waals surface area contributed by atoms with E-state index in [2.05, 4.69) is 15.2 Å². The van der Waals surface area contributed by atoms with Crippen molar-refractivity contribution in [3.63, 3.8) is 0 Å². The second-order valence-corrected chi connectivity index (χ2v) is 4.69. The maximum absolute atomic E-state index is 12.1. The summed E-state index contributed by atoms with van der Waals surface area (Å²) in [6.45, 7) is 2.07. The van der Waals surface area contributed by atoms with E-state index < -0.39 is 4.92 Å². The van der Waals surface area contributed by atoms with Gasteiger partial charge in [0.1, 0.15) is 5.82 Å². The summed E-state index contributed by atoms with van der Waals surface area (Å²) >= 11 is 0. The maximum Gasteiger partial charge on any atom is 0.269 e. The van der Waals surface area contributed by atoms with Crippen molar-refractivity contribution in [2.75, 3.05) is 7.05 Å². The standard InChI is InChI=1S/C13H15N5O3/c1-9-14-12(16-15-9)8-17(2)13(19)7-10-4-3-5-11(6-10)18(20)21/h3-6H,7-8H2,1-2H3,(H,14,15,16). The molecule has 0 fully saturated rings. The van der Waals surface area contributed by atoms with Crippen molar-refractivity contribution in [2.45, 2.75) is 19.9 Å². The summed E-state index contributed by atoms with van der Waals surface area (Å²) in [5.41, 5.74) is 0.583. The summed E-state index contributed by atoms with van der Waals surface area (Å²) in [5, 5.41) is 17.4. The van der Waals surface area contributed by atoms with Crippen LogP contribution in [0.25, 0.3) is 0 Å². The summed E-state index contributed by atoms with van der Waals surface area (Å²) in [6.07, 6.45) is 0.0988. The van der Waals surface area contributed by atoms with Crippen LogP contribution in [0.5, 0.6) is 0 Å². The van der Waals surface area contributed by atoms with Gasteiger partial charge in [0, 0.05) is 19.2 Å². The average Bonchev–Trinajstić information content (AvgIpc) is 2.84. The van der Waals surface area contributed by atoms with E-state index in [4.69, 9.17) is 0 Å². The minimum Gasteiger partial charge on any atom is -0.338 e. The Hall–Kier alpha value is -2.77. The van der Waals surface area contributed by atoms with Gasteiger partial charge in [-0.2, -0.15) is 5.10 Å². The van der Waals surface area contributed by atoms with Gasteiger partial charge in [-0.25, -0.2) is 4.98 Å². The highest BCUT2D eigenvalue weighted by atomic mass is 16.6. The number of hydrogen-bond acceptors (Lipinski definition) is 5. The maximum atomic E-state index is 12.1. The van der Waals surface area contributed by atoms with E-state index in [1.165, 1.54) is 17.0 Å². The third-order valence-electron chi connectivity index (χ3n) is 2.92. The number of rotatable bonds is 5. The molecule has 0 unspecified atom stereocenters. The van der Waals surface area contributed by atoms with Gasteiger partial charge in [-0.1, -0.05) is 12.1 Å². The fourth-order valence-corrected chi connectivity index (χ4v) is 1.85. The molecule has 110 valence electrons. The summed E-state index contributed by atoms with van der Waals surface area (Å²) in [4.78, 5) is 27.9. The van der Waals surface area contributed by atoms with E-state index in [1.807, 2.05) is 0 Å². The largest absolute Gasteiger partial charge is 0.338 e. The van der Waals surface area contributed by atoms with Gasteiger partial charge in [0.25, 0.3) is 5.69 Å². The van der Waals surface area contributed by atoms with Gasteiger partial charge >= 0.3 is 0 Å². The number of nitrogens with one attached hydrogen (secondary N) is 1. The predicted molar refractivity (Wildman–Crippen MR) is 74.4 cm³/mol. The van der Waals surface area contributed by atoms with E-state index in [9.17, 15) is 14.9 Å². The first-order valence-electron chi connectivity index (χ1n) is 6.31.